The van der Waals surface area contributed by atoms with Crippen molar-refractivity contribution in [3.05, 3.63) is 29.8 Å². The standard InChI is InChI=1S/C17H28N4O/c1-3-20-8-10-21(11-9-20)14(2)13-19-17(22)12-15-4-6-16(18)7-5-15/h4-7,14H,3,8-13,18H2,1-2H3,(H,19,22). The van der Waals surface area contributed by atoms with E-state index in [-0.39, 0.29) is 5.91 Å². The van der Waals surface area contributed by atoms with Gasteiger partial charge in [0.05, 0.1) is 6.42 Å². The fourth-order valence-electron chi connectivity index (χ4n) is 2.79. The molecule has 0 radical (unpaired) electrons. The van der Waals surface area contributed by atoms with Crippen molar-refractivity contribution < 1.29 is 4.79 Å². The van der Waals surface area contributed by atoms with Crippen LogP contribution in [0, 0.1) is 0 Å². The SMILES string of the molecule is CCN1CCN(C(C)CNC(=O)Cc2ccc(N)cc2)CC1. The van der Waals surface area contributed by atoms with Crippen LogP contribution < -0.4 is 11.1 Å². The molecule has 2 rings (SSSR count). The second-order valence-electron chi connectivity index (χ2n) is 6.04. The number of anilines is 1. The Labute approximate surface area is 133 Å². The Morgan fingerprint density at radius 3 is 2.45 bits per heavy atom. The molecule has 1 aromatic rings. The number of rotatable bonds is 6. The average Bonchev–Trinajstić information content (AvgIpc) is 2.55. The molecule has 0 bridgehead atoms. The Morgan fingerprint density at radius 1 is 1.23 bits per heavy atom. The Hall–Kier alpha value is -1.59. The fraction of sp³-hybridized carbons (Fsp3) is 0.588. The molecule has 122 valence electrons. The van der Waals surface area contributed by atoms with Gasteiger partial charge in [0.25, 0.3) is 0 Å². The summed E-state index contributed by atoms with van der Waals surface area (Å²) in [7, 11) is 0. The lowest BCUT2D eigenvalue weighted by Gasteiger charge is -2.37. The molecule has 1 aliphatic heterocycles. The summed E-state index contributed by atoms with van der Waals surface area (Å²) >= 11 is 0. The zero-order valence-electron chi connectivity index (χ0n) is 13.7. The van der Waals surface area contributed by atoms with E-state index in [1.165, 1.54) is 0 Å². The monoisotopic (exact) mass is 304 g/mol. The second-order valence-corrected chi connectivity index (χ2v) is 6.04. The molecule has 0 aromatic heterocycles. The largest absolute Gasteiger partial charge is 0.399 e. The van der Waals surface area contributed by atoms with Crippen molar-refractivity contribution in [2.45, 2.75) is 26.3 Å². The van der Waals surface area contributed by atoms with Crippen molar-refractivity contribution in [2.75, 3.05) is 45.0 Å². The summed E-state index contributed by atoms with van der Waals surface area (Å²) in [6.07, 6.45) is 0.413. The van der Waals surface area contributed by atoms with Crippen molar-refractivity contribution in [2.24, 2.45) is 0 Å². The highest BCUT2D eigenvalue weighted by Crippen LogP contribution is 2.07. The van der Waals surface area contributed by atoms with Gasteiger partial charge < -0.3 is 16.0 Å². The predicted molar refractivity (Wildman–Crippen MR) is 90.7 cm³/mol. The maximum atomic E-state index is 12.0. The Bertz CT molecular complexity index is 466. The van der Waals surface area contributed by atoms with Gasteiger partial charge in [-0.3, -0.25) is 9.69 Å². The molecule has 3 N–H and O–H groups in total. The average molecular weight is 304 g/mol. The van der Waals surface area contributed by atoms with E-state index in [1.54, 1.807) is 0 Å². The van der Waals surface area contributed by atoms with Crippen molar-refractivity contribution in [3.63, 3.8) is 0 Å². The van der Waals surface area contributed by atoms with E-state index in [0.29, 0.717) is 19.0 Å². The fourth-order valence-corrected chi connectivity index (χ4v) is 2.79. The number of nitrogens with zero attached hydrogens (tertiary/aromatic N) is 2. The molecule has 1 unspecified atom stereocenters. The van der Waals surface area contributed by atoms with Crippen molar-refractivity contribution >= 4 is 11.6 Å². The molecule has 0 saturated carbocycles. The minimum Gasteiger partial charge on any atom is -0.399 e. The molecule has 1 aliphatic rings. The van der Waals surface area contributed by atoms with Gasteiger partial charge in [-0.25, -0.2) is 0 Å². The Morgan fingerprint density at radius 2 is 1.86 bits per heavy atom. The van der Waals surface area contributed by atoms with Gasteiger partial charge in [-0.05, 0) is 31.2 Å². The topological polar surface area (TPSA) is 61.6 Å². The maximum Gasteiger partial charge on any atom is 0.224 e. The van der Waals surface area contributed by atoms with E-state index in [1.807, 2.05) is 24.3 Å². The molecule has 1 amide bonds. The molecule has 1 aromatic carbocycles. The summed E-state index contributed by atoms with van der Waals surface area (Å²) in [6.45, 7) is 10.6. The molecule has 1 fully saturated rings. The zero-order chi connectivity index (χ0) is 15.9. The number of benzene rings is 1. The number of nitrogens with two attached hydrogens (primary N) is 1. The van der Waals surface area contributed by atoms with Gasteiger partial charge >= 0.3 is 0 Å². The van der Waals surface area contributed by atoms with Gasteiger partial charge in [0, 0.05) is 44.5 Å². The lowest BCUT2D eigenvalue weighted by molar-refractivity contribution is -0.120. The summed E-state index contributed by atoms with van der Waals surface area (Å²) in [4.78, 5) is 16.9. The molecule has 5 nitrogen and oxygen atoms in total. The number of carbonyl (C=O) groups is 1. The van der Waals surface area contributed by atoms with Gasteiger partial charge in [0.15, 0.2) is 0 Å². The van der Waals surface area contributed by atoms with Crippen LogP contribution in [-0.4, -0.2) is 61.0 Å². The second kappa shape index (κ2) is 8.15. The van der Waals surface area contributed by atoms with Crippen molar-refractivity contribution in [1.82, 2.24) is 15.1 Å². The number of likely N-dealkylation sites (N-methyl/N-ethyl adjacent to an activating group) is 1. The highest BCUT2D eigenvalue weighted by Gasteiger charge is 2.20. The van der Waals surface area contributed by atoms with Gasteiger partial charge in [0.1, 0.15) is 0 Å². The highest BCUT2D eigenvalue weighted by atomic mass is 16.1. The third-order valence-corrected chi connectivity index (χ3v) is 4.42. The van der Waals surface area contributed by atoms with E-state index in [9.17, 15) is 4.79 Å². The van der Waals surface area contributed by atoms with Crippen LogP contribution in [0.15, 0.2) is 24.3 Å². The molecular weight excluding hydrogens is 276 g/mol. The van der Waals surface area contributed by atoms with Gasteiger partial charge in [-0.2, -0.15) is 0 Å². The zero-order valence-corrected chi connectivity index (χ0v) is 13.7. The summed E-state index contributed by atoms with van der Waals surface area (Å²) in [5.74, 6) is 0.0730. The molecule has 1 atom stereocenters. The molecule has 0 spiro atoms. The number of hydrogen-bond donors (Lipinski definition) is 2. The van der Waals surface area contributed by atoms with Crippen LogP contribution in [0.4, 0.5) is 5.69 Å². The lowest BCUT2D eigenvalue weighted by Crippen LogP contribution is -2.52. The Kier molecular flexibility index (Phi) is 6.21. The number of nitrogens with one attached hydrogen (secondary N) is 1. The normalized spacial score (nSPS) is 18.1. The third kappa shape index (κ3) is 5.00. The first-order valence-electron chi connectivity index (χ1n) is 8.16. The lowest BCUT2D eigenvalue weighted by atomic mass is 10.1. The van der Waals surface area contributed by atoms with Crippen LogP contribution in [0.3, 0.4) is 0 Å². The quantitative estimate of drug-likeness (QED) is 0.768. The van der Waals surface area contributed by atoms with Crippen LogP contribution in [0.5, 0.6) is 0 Å². The van der Waals surface area contributed by atoms with E-state index in [4.69, 9.17) is 5.73 Å². The minimum atomic E-state index is 0.0730. The molecule has 22 heavy (non-hydrogen) atoms. The first-order chi connectivity index (χ1) is 10.6. The molecule has 1 saturated heterocycles. The maximum absolute atomic E-state index is 12.0. The van der Waals surface area contributed by atoms with Crippen molar-refractivity contribution in [3.8, 4) is 0 Å². The first kappa shape index (κ1) is 16.8. The summed E-state index contributed by atoms with van der Waals surface area (Å²) in [5, 5.41) is 3.04. The van der Waals surface area contributed by atoms with E-state index in [2.05, 4.69) is 29.0 Å². The van der Waals surface area contributed by atoms with E-state index in [0.717, 1.165) is 44.0 Å². The molecule has 5 heteroatoms. The van der Waals surface area contributed by atoms with E-state index >= 15 is 0 Å². The van der Waals surface area contributed by atoms with Crippen LogP contribution in [0.2, 0.25) is 0 Å². The first-order valence-corrected chi connectivity index (χ1v) is 8.16. The highest BCUT2D eigenvalue weighted by molar-refractivity contribution is 5.78. The summed E-state index contributed by atoms with van der Waals surface area (Å²) < 4.78 is 0. The Balaban J connectivity index is 1.70. The molecule has 0 aliphatic carbocycles. The van der Waals surface area contributed by atoms with Gasteiger partial charge in [-0.1, -0.05) is 19.1 Å². The van der Waals surface area contributed by atoms with Gasteiger partial charge in [-0.15, -0.1) is 0 Å². The van der Waals surface area contributed by atoms with Crippen LogP contribution in [0.1, 0.15) is 19.4 Å². The molecular formula is C17H28N4O. The number of nitrogen functional groups attached to an aromatic ring is 1. The number of carbonyl (C=O) groups excluding carboxylic acids is 1. The number of hydrogen-bond acceptors (Lipinski definition) is 4. The predicted octanol–water partition coefficient (Wildman–Crippen LogP) is 0.954. The molecule has 1 heterocycles. The smallest absolute Gasteiger partial charge is 0.224 e. The number of amides is 1. The van der Waals surface area contributed by atoms with Crippen LogP contribution in [-0.2, 0) is 11.2 Å². The summed E-state index contributed by atoms with van der Waals surface area (Å²) in [6, 6.07) is 7.86. The van der Waals surface area contributed by atoms with Gasteiger partial charge in [0.2, 0.25) is 5.91 Å². The van der Waals surface area contributed by atoms with E-state index < -0.39 is 0 Å². The third-order valence-electron chi connectivity index (χ3n) is 4.42. The van der Waals surface area contributed by atoms with Crippen molar-refractivity contribution in [1.29, 1.82) is 0 Å². The van der Waals surface area contributed by atoms with Crippen LogP contribution >= 0.6 is 0 Å². The summed E-state index contributed by atoms with van der Waals surface area (Å²) in [5.41, 5.74) is 7.37. The van der Waals surface area contributed by atoms with Crippen LogP contribution in [0.25, 0.3) is 0 Å². The minimum absolute atomic E-state index is 0.0730. The number of piperazine rings is 1.